The van der Waals surface area contributed by atoms with Crippen molar-refractivity contribution in [2.75, 3.05) is 13.6 Å². The number of hydrogen-bond acceptors (Lipinski definition) is 2. The molecular weight excluding hydrogens is 411 g/mol. The minimum Gasteiger partial charge on any atom is -0.354 e. The van der Waals surface area contributed by atoms with Crippen LogP contribution < -0.4 is 10.6 Å². The molecule has 4 nitrogen and oxygen atoms in total. The topological polar surface area (TPSA) is 39.7 Å². The van der Waals surface area contributed by atoms with Gasteiger partial charge >= 0.3 is 0 Å². The van der Waals surface area contributed by atoms with Crippen LogP contribution >= 0.6 is 24.0 Å². The summed E-state index contributed by atoms with van der Waals surface area (Å²) in [5, 5.41) is 7.15. The SMILES string of the molecule is CN=C(NC1CCN(Cc2ccccc2)C(C)C1)NC1CC1C.I. The lowest BCUT2D eigenvalue weighted by Gasteiger charge is -2.38. The van der Waals surface area contributed by atoms with Crippen molar-refractivity contribution in [3.8, 4) is 0 Å². The summed E-state index contributed by atoms with van der Waals surface area (Å²) >= 11 is 0. The second-order valence-corrected chi connectivity index (χ2v) is 7.21. The zero-order valence-electron chi connectivity index (χ0n) is 15.0. The number of rotatable bonds is 4. The van der Waals surface area contributed by atoms with Crippen LogP contribution in [0, 0.1) is 5.92 Å². The Hall–Kier alpha value is -0.820. The molecule has 1 aliphatic heterocycles. The first kappa shape index (κ1) is 19.5. The molecule has 1 saturated heterocycles. The first-order valence-corrected chi connectivity index (χ1v) is 8.93. The molecule has 5 heteroatoms. The van der Waals surface area contributed by atoms with Gasteiger partial charge in [0.15, 0.2) is 5.96 Å². The summed E-state index contributed by atoms with van der Waals surface area (Å²) < 4.78 is 0. The summed E-state index contributed by atoms with van der Waals surface area (Å²) in [6.07, 6.45) is 3.62. The second-order valence-electron chi connectivity index (χ2n) is 7.21. The monoisotopic (exact) mass is 442 g/mol. The average molecular weight is 442 g/mol. The Balaban J connectivity index is 0.00000208. The van der Waals surface area contributed by atoms with Crippen molar-refractivity contribution in [3.05, 3.63) is 35.9 Å². The summed E-state index contributed by atoms with van der Waals surface area (Å²) in [6, 6.07) is 12.5. The third-order valence-electron chi connectivity index (χ3n) is 5.24. The van der Waals surface area contributed by atoms with Gasteiger partial charge in [0.05, 0.1) is 0 Å². The zero-order valence-corrected chi connectivity index (χ0v) is 17.4. The molecule has 0 radical (unpaired) electrons. The molecule has 2 N–H and O–H groups in total. The highest BCUT2D eigenvalue weighted by Crippen LogP contribution is 2.29. The third kappa shape index (κ3) is 5.34. The molecule has 24 heavy (non-hydrogen) atoms. The molecule has 134 valence electrons. The van der Waals surface area contributed by atoms with Gasteiger partial charge < -0.3 is 10.6 Å². The van der Waals surface area contributed by atoms with Crippen LogP contribution in [0.1, 0.15) is 38.7 Å². The van der Waals surface area contributed by atoms with Crippen LogP contribution in [0.3, 0.4) is 0 Å². The van der Waals surface area contributed by atoms with Gasteiger partial charge in [-0.05, 0) is 37.7 Å². The van der Waals surface area contributed by atoms with Gasteiger partial charge in [-0.3, -0.25) is 9.89 Å². The Morgan fingerprint density at radius 2 is 1.88 bits per heavy atom. The summed E-state index contributed by atoms with van der Waals surface area (Å²) in [4.78, 5) is 6.98. The van der Waals surface area contributed by atoms with Crippen LogP contribution in [-0.2, 0) is 6.54 Å². The fourth-order valence-electron chi connectivity index (χ4n) is 3.47. The molecule has 0 spiro atoms. The first-order chi connectivity index (χ1) is 11.2. The highest BCUT2D eigenvalue weighted by Gasteiger charge is 2.34. The maximum absolute atomic E-state index is 4.39. The molecule has 0 bridgehead atoms. The van der Waals surface area contributed by atoms with Gasteiger partial charge in [0.2, 0.25) is 0 Å². The van der Waals surface area contributed by atoms with Gasteiger partial charge in [0.1, 0.15) is 0 Å². The van der Waals surface area contributed by atoms with Gasteiger partial charge in [0.25, 0.3) is 0 Å². The van der Waals surface area contributed by atoms with E-state index in [0.29, 0.717) is 18.1 Å². The van der Waals surface area contributed by atoms with E-state index in [1.165, 1.54) is 24.8 Å². The number of halogens is 1. The minimum atomic E-state index is 0. The lowest BCUT2D eigenvalue weighted by Crippen LogP contribution is -2.51. The predicted octanol–water partition coefficient (Wildman–Crippen LogP) is 3.23. The molecule has 1 saturated carbocycles. The quantitative estimate of drug-likeness (QED) is 0.428. The molecule has 1 heterocycles. The van der Waals surface area contributed by atoms with Crippen molar-refractivity contribution in [3.63, 3.8) is 0 Å². The van der Waals surface area contributed by atoms with Crippen LogP contribution in [-0.4, -0.2) is 42.6 Å². The fraction of sp³-hybridized carbons (Fsp3) is 0.632. The van der Waals surface area contributed by atoms with E-state index < -0.39 is 0 Å². The predicted molar refractivity (Wildman–Crippen MR) is 112 cm³/mol. The Kier molecular flexibility index (Phi) is 7.34. The number of nitrogens with one attached hydrogen (secondary N) is 2. The average Bonchev–Trinajstić information content (AvgIpc) is 3.25. The van der Waals surface area contributed by atoms with Crippen LogP contribution in [0.5, 0.6) is 0 Å². The van der Waals surface area contributed by atoms with E-state index in [2.05, 4.69) is 64.7 Å². The van der Waals surface area contributed by atoms with Crippen molar-refractivity contribution < 1.29 is 0 Å². The zero-order chi connectivity index (χ0) is 16.2. The number of piperidine rings is 1. The van der Waals surface area contributed by atoms with Crippen LogP contribution in [0.4, 0.5) is 0 Å². The Morgan fingerprint density at radius 1 is 1.17 bits per heavy atom. The Labute approximate surface area is 163 Å². The summed E-state index contributed by atoms with van der Waals surface area (Å²) in [5.74, 6) is 1.77. The highest BCUT2D eigenvalue weighted by molar-refractivity contribution is 14.0. The standard InChI is InChI=1S/C19H30N4.HI/c1-14-11-18(14)22-19(20-3)21-17-9-10-23(15(2)12-17)13-16-7-5-4-6-8-16;/h4-8,14-15,17-18H,9-13H2,1-3H3,(H2,20,21,22);1H. The van der Waals surface area contributed by atoms with Crippen molar-refractivity contribution in [1.29, 1.82) is 0 Å². The lowest BCUT2D eigenvalue weighted by molar-refractivity contribution is 0.134. The molecule has 3 rings (SSSR count). The van der Waals surface area contributed by atoms with Crippen molar-refractivity contribution >= 4 is 29.9 Å². The van der Waals surface area contributed by atoms with E-state index >= 15 is 0 Å². The molecule has 4 unspecified atom stereocenters. The first-order valence-electron chi connectivity index (χ1n) is 8.93. The Morgan fingerprint density at radius 3 is 2.46 bits per heavy atom. The summed E-state index contributed by atoms with van der Waals surface area (Å²) in [6.45, 7) is 6.83. The van der Waals surface area contributed by atoms with E-state index in [1.54, 1.807) is 0 Å². The molecule has 0 amide bonds. The van der Waals surface area contributed by atoms with Crippen LogP contribution in [0.25, 0.3) is 0 Å². The molecule has 0 aromatic heterocycles. The van der Waals surface area contributed by atoms with Gasteiger partial charge in [-0.25, -0.2) is 0 Å². The number of hydrogen-bond donors (Lipinski definition) is 2. The second kappa shape index (κ2) is 9.04. The van der Waals surface area contributed by atoms with Crippen molar-refractivity contribution in [2.24, 2.45) is 10.9 Å². The number of benzene rings is 1. The van der Waals surface area contributed by atoms with Gasteiger partial charge in [-0.1, -0.05) is 37.3 Å². The van der Waals surface area contributed by atoms with Gasteiger partial charge in [0, 0.05) is 38.3 Å². The molecule has 1 aromatic rings. The van der Waals surface area contributed by atoms with E-state index in [9.17, 15) is 0 Å². The smallest absolute Gasteiger partial charge is 0.191 e. The molecule has 2 fully saturated rings. The molecule has 1 aromatic carbocycles. The minimum absolute atomic E-state index is 0. The normalized spacial score (nSPS) is 30.4. The van der Waals surface area contributed by atoms with Crippen LogP contribution in [0.15, 0.2) is 35.3 Å². The summed E-state index contributed by atoms with van der Waals surface area (Å²) in [5.41, 5.74) is 1.41. The molecular formula is C19H31IN4. The Bertz CT molecular complexity index is 533. The maximum atomic E-state index is 4.39. The lowest BCUT2D eigenvalue weighted by atomic mass is 9.97. The van der Waals surface area contributed by atoms with Gasteiger partial charge in [-0.2, -0.15) is 0 Å². The van der Waals surface area contributed by atoms with Crippen molar-refractivity contribution in [1.82, 2.24) is 15.5 Å². The number of nitrogens with zero attached hydrogens (tertiary/aromatic N) is 2. The number of guanidine groups is 1. The van der Waals surface area contributed by atoms with Crippen molar-refractivity contribution in [2.45, 2.75) is 57.8 Å². The van der Waals surface area contributed by atoms with Crippen LogP contribution in [0.2, 0.25) is 0 Å². The molecule has 4 atom stereocenters. The van der Waals surface area contributed by atoms with E-state index in [4.69, 9.17) is 0 Å². The highest BCUT2D eigenvalue weighted by atomic mass is 127. The summed E-state index contributed by atoms with van der Waals surface area (Å²) in [7, 11) is 1.87. The molecule has 2 aliphatic rings. The van der Waals surface area contributed by atoms with Gasteiger partial charge in [-0.15, -0.1) is 24.0 Å². The maximum Gasteiger partial charge on any atom is 0.191 e. The fourth-order valence-corrected chi connectivity index (χ4v) is 3.47. The largest absolute Gasteiger partial charge is 0.354 e. The van der Waals surface area contributed by atoms with E-state index in [-0.39, 0.29) is 24.0 Å². The third-order valence-corrected chi connectivity index (χ3v) is 5.24. The molecule has 1 aliphatic carbocycles. The number of aliphatic imine (C=N–C) groups is 1. The number of likely N-dealkylation sites (tertiary alicyclic amines) is 1. The van der Waals surface area contributed by atoms with E-state index in [0.717, 1.165) is 25.0 Å². The van der Waals surface area contributed by atoms with E-state index in [1.807, 2.05) is 7.05 Å².